The number of carbonyl (C=O) groups is 1. The third-order valence-electron chi connectivity index (χ3n) is 0.819. The first kappa shape index (κ1) is 11.3. The van der Waals surface area contributed by atoms with Crippen LogP contribution in [0.4, 0.5) is 4.79 Å². The summed E-state index contributed by atoms with van der Waals surface area (Å²) < 4.78 is 20.6. The van der Waals surface area contributed by atoms with Gasteiger partial charge in [0.25, 0.3) is 0 Å². The zero-order valence-corrected chi connectivity index (χ0v) is 7.31. The van der Waals surface area contributed by atoms with E-state index < -0.39 is 16.6 Å². The predicted molar refractivity (Wildman–Crippen MR) is 45.8 cm³/mol. The van der Waals surface area contributed by atoms with Crippen molar-refractivity contribution in [3.8, 4) is 0 Å². The zero-order chi connectivity index (χ0) is 10.1. The van der Waals surface area contributed by atoms with Gasteiger partial charge in [0.15, 0.2) is 0 Å². The minimum absolute atomic E-state index is 1.70. The molecule has 6 heteroatoms. The monoisotopic (exact) mass is 201 g/mol. The van der Waals surface area contributed by atoms with Crippen molar-refractivity contribution in [2.45, 2.75) is 0 Å². The van der Waals surface area contributed by atoms with Crippen molar-refractivity contribution >= 4 is 16.6 Å². The van der Waals surface area contributed by atoms with E-state index in [0.717, 1.165) is 0 Å². The Morgan fingerprint density at radius 3 is 1.38 bits per heavy atom. The normalized spacial score (nSPS) is 7.69. The van der Waals surface area contributed by atoms with Gasteiger partial charge in [-0.1, -0.05) is 40.8 Å². The highest BCUT2D eigenvalue weighted by Crippen LogP contribution is 1.79. The number of amides is 1. The number of benzene rings is 1. The van der Waals surface area contributed by atoms with Crippen LogP contribution >= 0.6 is 0 Å². The van der Waals surface area contributed by atoms with Gasteiger partial charge < -0.3 is 5.11 Å². The molecule has 0 bridgehead atoms. The van der Waals surface area contributed by atoms with Gasteiger partial charge in [0, 0.05) is 0 Å². The van der Waals surface area contributed by atoms with E-state index in [1.165, 1.54) is 0 Å². The van der Waals surface area contributed by atoms with Crippen LogP contribution in [0, 0.1) is 0 Å². The fourth-order valence-corrected chi connectivity index (χ4v) is 0.576. The molecule has 0 aliphatic carbocycles. The van der Waals surface area contributed by atoms with Gasteiger partial charge in [0.1, 0.15) is 0 Å². The zero-order valence-electron chi connectivity index (χ0n) is 6.49. The summed E-state index contributed by atoms with van der Waals surface area (Å²) in [6.07, 6.45) is -1.70. The Bertz CT molecular complexity index is 336. The van der Waals surface area contributed by atoms with Gasteiger partial charge in [0.2, 0.25) is 0 Å². The van der Waals surface area contributed by atoms with Gasteiger partial charge in [-0.3, -0.25) is 0 Å². The van der Waals surface area contributed by atoms with Crippen LogP contribution in [0.25, 0.3) is 0 Å². The van der Waals surface area contributed by atoms with Crippen LogP contribution in [-0.4, -0.2) is 19.6 Å². The molecule has 0 aromatic heterocycles. The molecule has 0 aliphatic rings. The molecule has 0 saturated heterocycles. The molecule has 13 heavy (non-hydrogen) atoms. The van der Waals surface area contributed by atoms with Gasteiger partial charge in [-0.15, -0.1) is 0 Å². The molecule has 1 N–H and O–H groups in total. The largest absolute Gasteiger partial charge is 0.463 e. The average Bonchev–Trinajstić information content (AvgIpc) is 2.06. The third-order valence-corrected chi connectivity index (χ3v) is 1.12. The maximum absolute atomic E-state index is 9.26. The summed E-state index contributed by atoms with van der Waals surface area (Å²) in [5, 5.41) is 7.52. The number of hydrogen-bond acceptors (Lipinski definition) is 3. The summed E-state index contributed by atoms with van der Waals surface area (Å²) >= 11 is 0. The van der Waals surface area contributed by atoms with E-state index in [1.54, 1.807) is 0 Å². The first-order valence-corrected chi connectivity index (χ1v) is 4.20. The second-order valence-corrected chi connectivity index (χ2v) is 2.36. The Labute approximate surface area is 76.4 Å². The van der Waals surface area contributed by atoms with Crippen molar-refractivity contribution in [2.24, 2.45) is 4.36 Å². The van der Waals surface area contributed by atoms with E-state index in [4.69, 9.17) is 5.11 Å². The smallest absolute Gasteiger partial charge is 0.446 e. The molecule has 0 fully saturated rings. The predicted octanol–water partition coefficient (Wildman–Crippen LogP) is 1.41. The molecule has 0 aliphatic heterocycles. The summed E-state index contributed by atoms with van der Waals surface area (Å²) in [5.41, 5.74) is 0. The van der Waals surface area contributed by atoms with Gasteiger partial charge in [-0.25, -0.2) is 4.79 Å². The Balaban J connectivity index is 0.000000223. The van der Waals surface area contributed by atoms with Crippen molar-refractivity contribution in [3.63, 3.8) is 0 Å². The molecular weight excluding hydrogens is 194 g/mol. The lowest BCUT2D eigenvalue weighted by Gasteiger charge is -1.69. The Morgan fingerprint density at radius 2 is 1.31 bits per heavy atom. The first-order chi connectivity index (χ1) is 6.13. The van der Waals surface area contributed by atoms with E-state index in [1.807, 2.05) is 36.4 Å². The third kappa shape index (κ3) is 10.3. The van der Waals surface area contributed by atoms with E-state index in [-0.39, 0.29) is 0 Å². The maximum Gasteiger partial charge on any atom is 0.446 e. The molecule has 70 valence electrons. The van der Waals surface area contributed by atoms with Crippen LogP contribution in [0.2, 0.25) is 0 Å². The summed E-state index contributed by atoms with van der Waals surface area (Å²) in [5.74, 6) is 0. The van der Waals surface area contributed by atoms with Gasteiger partial charge in [0.05, 0.1) is 0 Å². The summed E-state index contributed by atoms with van der Waals surface area (Å²) in [6, 6.07) is 12.0. The summed E-state index contributed by atoms with van der Waals surface area (Å²) in [7, 11) is -2.82. The molecular formula is C7H7NO4S. The number of rotatable bonds is 0. The van der Waals surface area contributed by atoms with Crippen LogP contribution in [0.5, 0.6) is 0 Å². The minimum atomic E-state index is -2.82. The Morgan fingerprint density at radius 1 is 1.00 bits per heavy atom. The molecule has 0 heterocycles. The molecule has 1 aromatic rings. The first-order valence-electron chi connectivity index (χ1n) is 3.17. The topological polar surface area (TPSA) is 83.8 Å². The Hall–Kier alpha value is -1.69. The van der Waals surface area contributed by atoms with Crippen LogP contribution in [0.15, 0.2) is 40.8 Å². The number of hydrogen-bond donors (Lipinski definition) is 1. The van der Waals surface area contributed by atoms with E-state index in [9.17, 15) is 13.2 Å². The van der Waals surface area contributed by atoms with Crippen molar-refractivity contribution in [1.29, 1.82) is 0 Å². The number of carboxylic acid groups (broad SMARTS) is 1. The van der Waals surface area contributed by atoms with Gasteiger partial charge >= 0.3 is 16.6 Å². The highest BCUT2D eigenvalue weighted by atomic mass is 32.2. The quantitative estimate of drug-likeness (QED) is 0.687. The highest BCUT2D eigenvalue weighted by molar-refractivity contribution is 7.62. The fourth-order valence-electron chi connectivity index (χ4n) is 0.449. The minimum Gasteiger partial charge on any atom is -0.463 e. The van der Waals surface area contributed by atoms with Crippen LogP contribution in [0.1, 0.15) is 0 Å². The van der Waals surface area contributed by atoms with Gasteiger partial charge in [-0.2, -0.15) is 8.42 Å². The lowest BCUT2D eigenvalue weighted by atomic mass is 10.4. The van der Waals surface area contributed by atoms with E-state index >= 15 is 0 Å². The van der Waals surface area contributed by atoms with E-state index in [2.05, 4.69) is 4.36 Å². The second kappa shape index (κ2) is 6.99. The molecule has 1 amide bonds. The molecule has 1 rings (SSSR count). The van der Waals surface area contributed by atoms with Crippen LogP contribution < -0.4 is 0 Å². The fraction of sp³-hybridized carbons (Fsp3) is 0. The van der Waals surface area contributed by atoms with Crippen molar-refractivity contribution < 1.29 is 18.3 Å². The number of nitrogens with zero attached hydrogens (tertiary/aromatic N) is 1. The van der Waals surface area contributed by atoms with Crippen molar-refractivity contribution in [1.82, 2.24) is 0 Å². The molecule has 5 nitrogen and oxygen atoms in total. The van der Waals surface area contributed by atoms with Crippen molar-refractivity contribution in [3.05, 3.63) is 36.4 Å². The molecule has 0 spiro atoms. The lowest BCUT2D eigenvalue weighted by Crippen LogP contribution is -1.80. The average molecular weight is 201 g/mol. The standard InChI is InChI=1S/C6H6.CHNO4S/c1-2-4-6-5-3-1;3-1(4)2-7(5)6/h1-6H;(H,3,4). The molecule has 0 unspecified atom stereocenters. The van der Waals surface area contributed by atoms with E-state index in [0.29, 0.717) is 0 Å². The summed E-state index contributed by atoms with van der Waals surface area (Å²) in [6.45, 7) is 0. The van der Waals surface area contributed by atoms with Crippen molar-refractivity contribution in [2.75, 3.05) is 0 Å². The maximum atomic E-state index is 9.26. The van der Waals surface area contributed by atoms with Gasteiger partial charge in [-0.05, 0) is 0 Å². The molecule has 0 atom stereocenters. The lowest BCUT2D eigenvalue weighted by molar-refractivity contribution is 0.206. The van der Waals surface area contributed by atoms with Crippen LogP contribution in [0.3, 0.4) is 0 Å². The molecule has 0 saturated carbocycles. The Kier molecular flexibility index (Phi) is 6.08. The van der Waals surface area contributed by atoms with Crippen LogP contribution in [-0.2, 0) is 10.5 Å². The molecule has 1 aromatic carbocycles. The molecule has 0 radical (unpaired) electrons. The summed E-state index contributed by atoms with van der Waals surface area (Å²) in [4.78, 5) is 9.25. The SMILES string of the molecule is O=C(O)N=S(=O)=O.c1ccccc1. The highest BCUT2D eigenvalue weighted by Gasteiger charge is 1.84. The second-order valence-electron chi connectivity index (χ2n) is 1.75.